The molecule has 2 fully saturated rings. The van der Waals surface area contributed by atoms with Gasteiger partial charge >= 0.3 is 0 Å². The van der Waals surface area contributed by atoms with E-state index in [1.807, 2.05) is 0 Å². The normalized spacial score (nSPS) is 29.6. The lowest BCUT2D eigenvalue weighted by atomic mass is 9.88. The van der Waals surface area contributed by atoms with E-state index in [1.165, 1.54) is 66.4 Å². The van der Waals surface area contributed by atoms with E-state index in [4.69, 9.17) is 0 Å². The molecule has 3 heteroatoms. The van der Waals surface area contributed by atoms with E-state index in [9.17, 15) is 0 Å². The van der Waals surface area contributed by atoms with Gasteiger partial charge in [-0.25, -0.2) is 0 Å². The summed E-state index contributed by atoms with van der Waals surface area (Å²) in [6.07, 6.45) is 8.18. The highest BCUT2D eigenvalue weighted by Crippen LogP contribution is 2.34. The highest BCUT2D eigenvalue weighted by atomic mass is 79.9. The van der Waals surface area contributed by atoms with Crippen molar-refractivity contribution in [3.05, 3.63) is 27.7 Å². The molecule has 0 spiro atoms. The molecule has 116 valence electrons. The van der Waals surface area contributed by atoms with E-state index in [0.717, 1.165) is 12.0 Å². The smallest absolute Gasteiger partial charge is 0.0348 e. The third-order valence-electron chi connectivity index (χ3n) is 5.22. The zero-order chi connectivity index (χ0) is 14.8. The fourth-order valence-corrected chi connectivity index (χ4v) is 4.37. The lowest BCUT2D eigenvalue weighted by Crippen LogP contribution is -2.44. The number of hydrogen-bond acceptors (Lipinski definition) is 2. The first-order chi connectivity index (χ1) is 10.1. The predicted molar refractivity (Wildman–Crippen MR) is 94.0 cm³/mol. The lowest BCUT2D eigenvalue weighted by Gasteiger charge is -2.33. The summed E-state index contributed by atoms with van der Waals surface area (Å²) in [5, 5.41) is 7.60. The van der Waals surface area contributed by atoms with Crippen LogP contribution in [0.5, 0.6) is 0 Å². The zero-order valence-corrected chi connectivity index (χ0v) is 14.8. The van der Waals surface area contributed by atoms with Crippen molar-refractivity contribution in [3.63, 3.8) is 0 Å². The fraction of sp³-hybridized carbons (Fsp3) is 0.667. The molecule has 1 saturated carbocycles. The molecular formula is C18H27BrN2. The minimum absolute atomic E-state index is 0.639. The Morgan fingerprint density at radius 3 is 2.48 bits per heavy atom. The monoisotopic (exact) mass is 350 g/mol. The summed E-state index contributed by atoms with van der Waals surface area (Å²) in [7, 11) is 0. The topological polar surface area (TPSA) is 24.1 Å². The summed E-state index contributed by atoms with van der Waals surface area (Å²) in [6.45, 7) is 5.57. The molecule has 2 nitrogen and oxygen atoms in total. The van der Waals surface area contributed by atoms with Gasteiger partial charge < -0.3 is 10.6 Å². The predicted octanol–water partition coefficient (Wildman–Crippen LogP) is 4.79. The van der Waals surface area contributed by atoms with Gasteiger partial charge in [0.25, 0.3) is 0 Å². The van der Waals surface area contributed by atoms with Crippen molar-refractivity contribution >= 4 is 21.6 Å². The van der Waals surface area contributed by atoms with Gasteiger partial charge in [-0.1, -0.05) is 28.8 Å². The number of nitrogens with one attached hydrogen (secondary N) is 2. The van der Waals surface area contributed by atoms with Crippen LogP contribution in [0, 0.1) is 19.8 Å². The van der Waals surface area contributed by atoms with Gasteiger partial charge in [0.05, 0.1) is 0 Å². The molecule has 0 radical (unpaired) electrons. The standard InChI is InChI=1S/C18H27BrN2/c1-12-10-14(11-13(2)18(12)19)21-17-8-5-6-15(17)16-7-3-4-9-20-16/h10-11,15-17,20-21H,3-9H2,1-2H3. The first-order valence-electron chi connectivity index (χ1n) is 8.42. The summed E-state index contributed by atoms with van der Waals surface area (Å²) in [5.41, 5.74) is 3.94. The Morgan fingerprint density at radius 1 is 1.05 bits per heavy atom. The Balaban J connectivity index is 1.71. The average molecular weight is 351 g/mol. The second-order valence-electron chi connectivity index (χ2n) is 6.83. The fourth-order valence-electron chi connectivity index (χ4n) is 4.14. The van der Waals surface area contributed by atoms with E-state index >= 15 is 0 Å². The molecule has 0 aromatic heterocycles. The second-order valence-corrected chi connectivity index (χ2v) is 7.62. The van der Waals surface area contributed by atoms with Crippen LogP contribution in [0.15, 0.2) is 16.6 Å². The van der Waals surface area contributed by atoms with Crippen molar-refractivity contribution in [1.29, 1.82) is 0 Å². The van der Waals surface area contributed by atoms with Crippen LogP contribution in [-0.4, -0.2) is 18.6 Å². The maximum Gasteiger partial charge on any atom is 0.0348 e. The van der Waals surface area contributed by atoms with E-state index in [0.29, 0.717) is 6.04 Å². The first-order valence-corrected chi connectivity index (χ1v) is 9.21. The van der Waals surface area contributed by atoms with Crippen LogP contribution in [-0.2, 0) is 0 Å². The number of halogens is 1. The van der Waals surface area contributed by atoms with Gasteiger partial charge in [-0.3, -0.25) is 0 Å². The molecule has 1 aromatic carbocycles. The van der Waals surface area contributed by atoms with Crippen LogP contribution in [0.2, 0.25) is 0 Å². The molecule has 0 amide bonds. The summed E-state index contributed by atoms with van der Waals surface area (Å²) < 4.78 is 1.24. The molecule has 3 rings (SSSR count). The molecule has 21 heavy (non-hydrogen) atoms. The average Bonchev–Trinajstić information content (AvgIpc) is 2.94. The Morgan fingerprint density at radius 2 is 1.81 bits per heavy atom. The number of rotatable bonds is 3. The SMILES string of the molecule is Cc1cc(NC2CCCC2C2CCCCN2)cc(C)c1Br. The number of aryl methyl sites for hydroxylation is 2. The van der Waals surface area contributed by atoms with Gasteiger partial charge in [0, 0.05) is 22.2 Å². The van der Waals surface area contributed by atoms with Crippen molar-refractivity contribution < 1.29 is 0 Å². The largest absolute Gasteiger partial charge is 0.382 e. The molecule has 1 aromatic rings. The molecule has 1 saturated heterocycles. The highest BCUT2D eigenvalue weighted by Gasteiger charge is 2.34. The van der Waals surface area contributed by atoms with E-state index < -0.39 is 0 Å². The highest BCUT2D eigenvalue weighted by molar-refractivity contribution is 9.10. The van der Waals surface area contributed by atoms with Crippen LogP contribution in [0.1, 0.15) is 49.7 Å². The van der Waals surface area contributed by atoms with Crippen molar-refractivity contribution in [1.82, 2.24) is 5.32 Å². The zero-order valence-electron chi connectivity index (χ0n) is 13.2. The van der Waals surface area contributed by atoms with Gasteiger partial charge in [0.1, 0.15) is 0 Å². The van der Waals surface area contributed by atoms with Gasteiger partial charge in [-0.15, -0.1) is 0 Å². The Hall–Kier alpha value is -0.540. The number of anilines is 1. The van der Waals surface area contributed by atoms with Crippen molar-refractivity contribution in [2.45, 2.75) is 64.5 Å². The summed E-state index contributed by atoms with van der Waals surface area (Å²) >= 11 is 3.66. The third kappa shape index (κ3) is 3.45. The van der Waals surface area contributed by atoms with Gasteiger partial charge in [0.2, 0.25) is 0 Å². The summed E-state index contributed by atoms with van der Waals surface area (Å²) in [4.78, 5) is 0. The number of piperidine rings is 1. The van der Waals surface area contributed by atoms with Gasteiger partial charge in [0.15, 0.2) is 0 Å². The van der Waals surface area contributed by atoms with Crippen molar-refractivity contribution in [3.8, 4) is 0 Å². The second kappa shape index (κ2) is 6.70. The number of hydrogen-bond donors (Lipinski definition) is 2. The molecule has 3 unspecified atom stereocenters. The summed E-state index contributed by atoms with van der Waals surface area (Å²) in [6, 6.07) is 5.93. The molecule has 1 heterocycles. The molecular weight excluding hydrogens is 324 g/mol. The van der Waals surface area contributed by atoms with Crippen molar-refractivity contribution in [2.75, 3.05) is 11.9 Å². The molecule has 1 aliphatic carbocycles. The van der Waals surface area contributed by atoms with E-state index in [1.54, 1.807) is 0 Å². The van der Waals surface area contributed by atoms with Crippen LogP contribution in [0.25, 0.3) is 0 Å². The molecule has 2 N–H and O–H groups in total. The number of benzene rings is 1. The van der Waals surface area contributed by atoms with Crippen LogP contribution >= 0.6 is 15.9 Å². The molecule has 1 aliphatic heterocycles. The molecule has 3 atom stereocenters. The maximum absolute atomic E-state index is 3.84. The maximum atomic E-state index is 3.84. The van der Waals surface area contributed by atoms with Crippen LogP contribution < -0.4 is 10.6 Å². The first kappa shape index (κ1) is 15.4. The Bertz CT molecular complexity index is 471. The van der Waals surface area contributed by atoms with Gasteiger partial charge in [-0.05, 0) is 75.3 Å². The van der Waals surface area contributed by atoms with Crippen molar-refractivity contribution in [2.24, 2.45) is 5.92 Å². The van der Waals surface area contributed by atoms with E-state index in [2.05, 4.69) is 52.5 Å². The minimum atomic E-state index is 0.639. The Labute approximate surface area is 137 Å². The van der Waals surface area contributed by atoms with Crippen LogP contribution in [0.3, 0.4) is 0 Å². The third-order valence-corrected chi connectivity index (χ3v) is 6.47. The quantitative estimate of drug-likeness (QED) is 0.818. The lowest BCUT2D eigenvalue weighted by molar-refractivity contribution is 0.286. The van der Waals surface area contributed by atoms with Crippen LogP contribution in [0.4, 0.5) is 5.69 Å². The summed E-state index contributed by atoms with van der Waals surface area (Å²) in [5.74, 6) is 0.801. The molecule has 0 bridgehead atoms. The van der Waals surface area contributed by atoms with E-state index in [-0.39, 0.29) is 0 Å². The Kier molecular flexibility index (Phi) is 4.90. The minimum Gasteiger partial charge on any atom is -0.382 e. The molecule has 2 aliphatic rings. The van der Waals surface area contributed by atoms with Gasteiger partial charge in [-0.2, -0.15) is 0 Å².